The predicted octanol–water partition coefficient (Wildman–Crippen LogP) is 2.80. The van der Waals surface area contributed by atoms with Crippen molar-refractivity contribution in [3.05, 3.63) is 24.0 Å². The molecule has 1 aromatic carbocycles. The summed E-state index contributed by atoms with van der Waals surface area (Å²) < 4.78 is 62.2. The number of aromatic amines is 1. The molecule has 92 valence electrons. The first-order valence-electron chi connectivity index (χ1n) is 4.42. The Morgan fingerprint density at radius 1 is 1.12 bits per heavy atom. The molecule has 0 fully saturated rings. The van der Waals surface area contributed by atoms with Gasteiger partial charge in [0.05, 0.1) is 11.0 Å². The number of nitrogens with two attached hydrogens (primary N) is 1. The third-order valence-electron chi connectivity index (χ3n) is 2.16. The number of benzene rings is 1. The average molecular weight is 251 g/mol. The molecule has 0 radical (unpaired) electrons. The number of hydrogen-bond acceptors (Lipinski definition) is 2. The molecule has 0 bridgehead atoms. The molecular formula is C9H6F5N3. The van der Waals surface area contributed by atoms with Crippen molar-refractivity contribution in [1.82, 2.24) is 9.97 Å². The molecule has 0 atom stereocenters. The van der Waals surface area contributed by atoms with E-state index in [0.717, 1.165) is 0 Å². The van der Waals surface area contributed by atoms with Crippen molar-refractivity contribution in [2.75, 3.05) is 5.73 Å². The topological polar surface area (TPSA) is 54.7 Å². The Balaban J connectivity index is 2.57. The molecule has 2 aromatic rings. The number of aromatic nitrogens is 2. The van der Waals surface area contributed by atoms with E-state index in [9.17, 15) is 22.0 Å². The monoisotopic (exact) mass is 251 g/mol. The Kier molecular flexibility index (Phi) is 2.27. The third-order valence-corrected chi connectivity index (χ3v) is 2.16. The van der Waals surface area contributed by atoms with Gasteiger partial charge in [0.2, 0.25) is 0 Å². The molecule has 0 spiro atoms. The highest BCUT2D eigenvalue weighted by Crippen LogP contribution is 2.42. The number of rotatable bonds is 1. The summed E-state index contributed by atoms with van der Waals surface area (Å²) >= 11 is 0. The number of nitrogens with zero attached hydrogens (tertiary/aromatic N) is 1. The van der Waals surface area contributed by atoms with E-state index in [1.165, 1.54) is 18.2 Å². The van der Waals surface area contributed by atoms with Crippen LogP contribution in [0.15, 0.2) is 18.2 Å². The van der Waals surface area contributed by atoms with Gasteiger partial charge in [-0.3, -0.25) is 0 Å². The fourth-order valence-corrected chi connectivity index (χ4v) is 1.31. The highest BCUT2D eigenvalue weighted by molar-refractivity contribution is 5.78. The Bertz CT molecular complexity index is 557. The van der Waals surface area contributed by atoms with Crippen molar-refractivity contribution in [3.8, 4) is 0 Å². The van der Waals surface area contributed by atoms with E-state index in [-0.39, 0.29) is 16.7 Å². The number of fused-ring (bicyclic) bond motifs is 1. The van der Waals surface area contributed by atoms with Crippen molar-refractivity contribution < 1.29 is 22.0 Å². The lowest BCUT2D eigenvalue weighted by molar-refractivity contribution is -0.292. The zero-order valence-corrected chi connectivity index (χ0v) is 8.15. The maximum absolute atomic E-state index is 13.0. The molecule has 8 heteroatoms. The number of anilines is 1. The van der Waals surface area contributed by atoms with Gasteiger partial charge >= 0.3 is 12.1 Å². The van der Waals surface area contributed by atoms with Crippen molar-refractivity contribution in [1.29, 1.82) is 0 Å². The summed E-state index contributed by atoms with van der Waals surface area (Å²) in [5, 5.41) is 0. The third kappa shape index (κ3) is 1.79. The first-order valence-corrected chi connectivity index (χ1v) is 4.42. The molecule has 0 aliphatic carbocycles. The van der Waals surface area contributed by atoms with Gasteiger partial charge in [0, 0.05) is 5.69 Å². The lowest BCUT2D eigenvalue weighted by Gasteiger charge is -2.16. The number of hydrogen-bond donors (Lipinski definition) is 2. The first kappa shape index (κ1) is 11.6. The smallest absolute Gasteiger partial charge is 0.399 e. The van der Waals surface area contributed by atoms with Crippen LogP contribution in [0.1, 0.15) is 5.82 Å². The molecule has 1 heterocycles. The van der Waals surface area contributed by atoms with Gasteiger partial charge < -0.3 is 10.7 Å². The van der Waals surface area contributed by atoms with Gasteiger partial charge in [0.25, 0.3) is 0 Å². The minimum absolute atomic E-state index is 0.00174. The summed E-state index contributed by atoms with van der Waals surface area (Å²) in [6.07, 6.45) is -5.69. The quantitative estimate of drug-likeness (QED) is 0.604. The normalized spacial score (nSPS) is 13.2. The molecule has 17 heavy (non-hydrogen) atoms. The number of halogens is 5. The van der Waals surface area contributed by atoms with Crippen LogP contribution in [-0.2, 0) is 5.92 Å². The lowest BCUT2D eigenvalue weighted by Crippen LogP contribution is -2.34. The number of nitrogen functional groups attached to an aromatic ring is 1. The van der Waals surface area contributed by atoms with Crippen LogP contribution < -0.4 is 5.73 Å². The van der Waals surface area contributed by atoms with Gasteiger partial charge in [-0.15, -0.1) is 0 Å². The van der Waals surface area contributed by atoms with Gasteiger partial charge in [0.1, 0.15) is 0 Å². The Morgan fingerprint density at radius 2 is 1.76 bits per heavy atom. The van der Waals surface area contributed by atoms with E-state index < -0.39 is 17.9 Å². The largest absolute Gasteiger partial charge is 0.461 e. The number of imidazole rings is 1. The van der Waals surface area contributed by atoms with E-state index in [4.69, 9.17) is 5.73 Å². The van der Waals surface area contributed by atoms with E-state index in [1.807, 2.05) is 4.98 Å². The van der Waals surface area contributed by atoms with Crippen molar-refractivity contribution in [2.24, 2.45) is 0 Å². The molecule has 0 amide bonds. The molecule has 3 N–H and O–H groups in total. The SMILES string of the molecule is Nc1ccc2nc(C(F)(F)C(F)(F)F)[nH]c2c1. The van der Waals surface area contributed by atoms with Gasteiger partial charge in [-0.05, 0) is 18.2 Å². The minimum atomic E-state index is -5.69. The number of H-pyrrole nitrogens is 1. The second kappa shape index (κ2) is 3.31. The molecular weight excluding hydrogens is 245 g/mol. The van der Waals surface area contributed by atoms with Crippen LogP contribution in [0.2, 0.25) is 0 Å². The van der Waals surface area contributed by atoms with Gasteiger partial charge in [0.15, 0.2) is 5.82 Å². The molecule has 1 aromatic heterocycles. The van der Waals surface area contributed by atoms with Crippen LogP contribution in [-0.4, -0.2) is 16.1 Å². The molecule has 0 aliphatic rings. The molecule has 0 saturated carbocycles. The molecule has 2 rings (SSSR count). The summed E-state index contributed by atoms with van der Waals surface area (Å²) in [5.41, 5.74) is 5.64. The standard InChI is InChI=1S/C9H6F5N3/c10-8(11,9(12,13)14)7-16-5-2-1-4(15)3-6(5)17-7/h1-3H,15H2,(H,16,17). The maximum Gasteiger partial charge on any atom is 0.461 e. The van der Waals surface area contributed by atoms with Gasteiger partial charge in [-0.1, -0.05) is 0 Å². The highest BCUT2D eigenvalue weighted by atomic mass is 19.4. The molecule has 0 aliphatic heterocycles. The van der Waals surface area contributed by atoms with Crippen LogP contribution >= 0.6 is 0 Å². The predicted molar refractivity (Wildman–Crippen MR) is 50.5 cm³/mol. The summed E-state index contributed by atoms with van der Waals surface area (Å²) in [4.78, 5) is 5.13. The van der Waals surface area contributed by atoms with Gasteiger partial charge in [-0.2, -0.15) is 22.0 Å². The Hall–Kier alpha value is -1.86. The van der Waals surface area contributed by atoms with Gasteiger partial charge in [-0.25, -0.2) is 4.98 Å². The van der Waals surface area contributed by atoms with E-state index in [1.54, 1.807) is 0 Å². The van der Waals surface area contributed by atoms with Crippen LogP contribution in [0.4, 0.5) is 27.6 Å². The van der Waals surface area contributed by atoms with Crippen LogP contribution in [0.5, 0.6) is 0 Å². The summed E-state index contributed by atoms with van der Waals surface area (Å²) in [7, 11) is 0. The van der Waals surface area contributed by atoms with Crippen LogP contribution in [0, 0.1) is 0 Å². The fourth-order valence-electron chi connectivity index (χ4n) is 1.31. The van der Waals surface area contributed by atoms with Crippen molar-refractivity contribution in [2.45, 2.75) is 12.1 Å². The molecule has 3 nitrogen and oxygen atoms in total. The molecule has 0 unspecified atom stereocenters. The van der Waals surface area contributed by atoms with Crippen molar-refractivity contribution in [3.63, 3.8) is 0 Å². The number of nitrogens with one attached hydrogen (secondary N) is 1. The van der Waals surface area contributed by atoms with Crippen LogP contribution in [0.3, 0.4) is 0 Å². The van der Waals surface area contributed by atoms with E-state index in [0.29, 0.717) is 0 Å². The Morgan fingerprint density at radius 3 is 2.35 bits per heavy atom. The number of alkyl halides is 5. The average Bonchev–Trinajstić information content (AvgIpc) is 2.58. The second-order valence-electron chi connectivity index (χ2n) is 3.43. The van der Waals surface area contributed by atoms with E-state index >= 15 is 0 Å². The summed E-state index contributed by atoms with van der Waals surface area (Å²) in [5.74, 6) is -6.45. The fraction of sp³-hybridized carbons (Fsp3) is 0.222. The molecule has 0 saturated heterocycles. The Labute approximate surface area is 91.4 Å². The summed E-state index contributed by atoms with van der Waals surface area (Å²) in [6.45, 7) is 0. The van der Waals surface area contributed by atoms with Crippen molar-refractivity contribution >= 4 is 16.7 Å². The summed E-state index contributed by atoms with van der Waals surface area (Å²) in [6, 6.07) is 3.86. The van der Waals surface area contributed by atoms with E-state index in [2.05, 4.69) is 4.98 Å². The van der Waals surface area contributed by atoms with Crippen LogP contribution in [0.25, 0.3) is 11.0 Å². The maximum atomic E-state index is 13.0. The zero-order chi connectivity index (χ0) is 12.8. The first-order chi connectivity index (χ1) is 7.72. The lowest BCUT2D eigenvalue weighted by atomic mass is 10.3. The highest BCUT2D eigenvalue weighted by Gasteiger charge is 2.61. The zero-order valence-electron chi connectivity index (χ0n) is 8.15. The second-order valence-corrected chi connectivity index (χ2v) is 3.43. The minimum Gasteiger partial charge on any atom is -0.399 e.